The van der Waals surface area contributed by atoms with Crippen LogP contribution >= 0.6 is 0 Å². The quantitative estimate of drug-likeness (QED) is 0.488. The average molecular weight is 311 g/mol. The van der Waals surface area contributed by atoms with Crippen molar-refractivity contribution >= 4 is 11.7 Å². The standard InChI is InChI=1S/C17H15N2O4/c1-11-2-5-13(6-3-11)23-17(20)7-4-12-8-15-16(22-10-21-15)9-14(12)19-18/h2-3,5-6,8-9H,4,7,10H2,1H3/q+1. The number of hydrogen-bond acceptors (Lipinski definition) is 5. The monoisotopic (exact) mass is 311 g/mol. The van der Waals surface area contributed by atoms with Gasteiger partial charge in [0, 0.05) is 0 Å². The summed E-state index contributed by atoms with van der Waals surface area (Å²) in [6.45, 7) is 2.10. The Labute approximate surface area is 133 Å². The number of carbonyl (C=O) groups is 1. The summed E-state index contributed by atoms with van der Waals surface area (Å²) in [5, 5.41) is 9.09. The number of diazo groups is 1. The zero-order chi connectivity index (χ0) is 16.2. The van der Waals surface area contributed by atoms with Gasteiger partial charge in [-0.25, -0.2) is 0 Å². The van der Waals surface area contributed by atoms with Crippen LogP contribution in [-0.2, 0) is 11.2 Å². The summed E-state index contributed by atoms with van der Waals surface area (Å²) in [5.41, 5.74) is 2.15. The molecule has 116 valence electrons. The molecule has 6 heteroatoms. The van der Waals surface area contributed by atoms with Crippen molar-refractivity contribution in [2.45, 2.75) is 19.8 Å². The van der Waals surface area contributed by atoms with Crippen molar-refractivity contribution in [2.75, 3.05) is 6.79 Å². The molecular formula is C17H15N2O4+. The van der Waals surface area contributed by atoms with Crippen LogP contribution in [0.2, 0.25) is 0 Å². The van der Waals surface area contributed by atoms with Crippen molar-refractivity contribution in [2.24, 2.45) is 0 Å². The maximum absolute atomic E-state index is 11.9. The molecule has 23 heavy (non-hydrogen) atoms. The van der Waals surface area contributed by atoms with E-state index in [-0.39, 0.29) is 19.2 Å². The van der Waals surface area contributed by atoms with Crippen LogP contribution in [-0.4, -0.2) is 12.8 Å². The molecule has 0 saturated carbocycles. The molecule has 0 bridgehead atoms. The number of hydrogen-bond donors (Lipinski definition) is 0. The summed E-state index contributed by atoms with van der Waals surface area (Å²) in [4.78, 5) is 15.2. The van der Waals surface area contributed by atoms with E-state index in [4.69, 9.17) is 19.6 Å². The van der Waals surface area contributed by atoms with Crippen molar-refractivity contribution in [3.8, 4) is 17.2 Å². The number of benzene rings is 2. The normalized spacial score (nSPS) is 11.8. The van der Waals surface area contributed by atoms with Crippen molar-refractivity contribution in [1.82, 2.24) is 0 Å². The third-order valence-electron chi connectivity index (χ3n) is 3.53. The van der Waals surface area contributed by atoms with E-state index in [2.05, 4.69) is 4.98 Å². The van der Waals surface area contributed by atoms with Gasteiger partial charge in [-0.05, 0) is 31.5 Å². The molecule has 0 atom stereocenters. The summed E-state index contributed by atoms with van der Waals surface area (Å²) in [5.74, 6) is 1.27. The van der Waals surface area contributed by atoms with E-state index in [1.54, 1.807) is 24.3 Å². The van der Waals surface area contributed by atoms with Gasteiger partial charge in [0.25, 0.3) is 0 Å². The van der Waals surface area contributed by atoms with Gasteiger partial charge in [-0.3, -0.25) is 4.79 Å². The molecule has 6 nitrogen and oxygen atoms in total. The first kappa shape index (κ1) is 14.9. The summed E-state index contributed by atoms with van der Waals surface area (Å²) >= 11 is 0. The van der Waals surface area contributed by atoms with Gasteiger partial charge in [0.05, 0.1) is 18.1 Å². The minimum absolute atomic E-state index is 0.138. The highest BCUT2D eigenvalue weighted by atomic mass is 16.7. The minimum atomic E-state index is -0.351. The highest BCUT2D eigenvalue weighted by Gasteiger charge is 2.24. The highest BCUT2D eigenvalue weighted by molar-refractivity contribution is 5.73. The lowest BCUT2D eigenvalue weighted by Gasteiger charge is -2.04. The molecule has 0 saturated heterocycles. The molecule has 3 rings (SSSR count). The van der Waals surface area contributed by atoms with Crippen molar-refractivity contribution in [1.29, 1.82) is 5.39 Å². The number of fused-ring (bicyclic) bond motifs is 1. The number of carbonyl (C=O) groups excluding carboxylic acids is 1. The van der Waals surface area contributed by atoms with E-state index in [1.807, 2.05) is 19.1 Å². The third-order valence-corrected chi connectivity index (χ3v) is 3.53. The fourth-order valence-electron chi connectivity index (χ4n) is 2.29. The third kappa shape index (κ3) is 3.40. The van der Waals surface area contributed by atoms with Gasteiger partial charge < -0.3 is 14.2 Å². The molecule has 0 radical (unpaired) electrons. The molecule has 2 aromatic rings. The molecule has 0 N–H and O–H groups in total. The lowest BCUT2D eigenvalue weighted by molar-refractivity contribution is -0.134. The number of ether oxygens (including phenoxy) is 3. The average Bonchev–Trinajstić information content (AvgIpc) is 3.01. The zero-order valence-corrected chi connectivity index (χ0v) is 12.6. The van der Waals surface area contributed by atoms with Gasteiger partial charge in [-0.2, -0.15) is 0 Å². The van der Waals surface area contributed by atoms with Gasteiger partial charge >= 0.3 is 11.7 Å². The minimum Gasteiger partial charge on any atom is -0.454 e. The lowest BCUT2D eigenvalue weighted by Crippen LogP contribution is -2.09. The number of rotatable bonds is 4. The van der Waals surface area contributed by atoms with E-state index in [0.29, 0.717) is 34.9 Å². The molecule has 0 aliphatic carbocycles. The summed E-state index contributed by atoms with van der Waals surface area (Å²) in [6.07, 6.45) is 0.538. The Morgan fingerprint density at radius 1 is 1.22 bits per heavy atom. The Morgan fingerprint density at radius 2 is 1.91 bits per heavy atom. The lowest BCUT2D eigenvalue weighted by atomic mass is 10.1. The zero-order valence-electron chi connectivity index (χ0n) is 12.6. The number of aryl methyl sites for hydroxylation is 2. The molecule has 1 heterocycles. The van der Waals surface area contributed by atoms with Crippen LogP contribution in [0.5, 0.6) is 17.2 Å². The SMILES string of the molecule is Cc1ccc(OC(=O)CCc2cc3c(cc2[N+]#N)OCO3)cc1. The van der Waals surface area contributed by atoms with Crippen LogP contribution in [0.15, 0.2) is 36.4 Å². The first-order valence-corrected chi connectivity index (χ1v) is 7.20. The van der Waals surface area contributed by atoms with Crippen LogP contribution in [0.1, 0.15) is 17.5 Å². The first-order chi connectivity index (χ1) is 11.2. The summed E-state index contributed by atoms with van der Waals surface area (Å²) in [7, 11) is 0. The summed E-state index contributed by atoms with van der Waals surface area (Å²) in [6, 6.07) is 10.6. The molecule has 1 aliphatic heterocycles. The topological polar surface area (TPSA) is 72.9 Å². The van der Waals surface area contributed by atoms with E-state index in [9.17, 15) is 4.79 Å². The molecule has 0 unspecified atom stereocenters. The molecular weight excluding hydrogens is 296 g/mol. The second-order valence-electron chi connectivity index (χ2n) is 5.22. The van der Waals surface area contributed by atoms with E-state index < -0.39 is 0 Å². The Bertz CT molecular complexity index is 778. The Kier molecular flexibility index (Phi) is 4.11. The largest absolute Gasteiger partial charge is 0.454 e. The van der Waals surface area contributed by atoms with Crippen LogP contribution in [0, 0.1) is 12.3 Å². The second-order valence-corrected chi connectivity index (χ2v) is 5.22. The second kappa shape index (κ2) is 6.36. The predicted octanol–water partition coefficient (Wildman–Crippen LogP) is 3.75. The highest BCUT2D eigenvalue weighted by Crippen LogP contribution is 2.38. The molecule has 0 aromatic heterocycles. The van der Waals surface area contributed by atoms with Gasteiger partial charge in [0.2, 0.25) is 12.2 Å². The Balaban J connectivity index is 1.65. The smallest absolute Gasteiger partial charge is 0.392 e. The molecule has 0 amide bonds. The number of esters is 1. The van der Waals surface area contributed by atoms with E-state index >= 15 is 0 Å². The Morgan fingerprint density at radius 3 is 2.61 bits per heavy atom. The predicted molar refractivity (Wildman–Crippen MR) is 82.4 cm³/mol. The van der Waals surface area contributed by atoms with Crippen LogP contribution in [0.3, 0.4) is 0 Å². The molecule has 0 fully saturated rings. The first-order valence-electron chi connectivity index (χ1n) is 7.20. The van der Waals surface area contributed by atoms with Gasteiger partial charge in [0.15, 0.2) is 16.5 Å². The van der Waals surface area contributed by atoms with Gasteiger partial charge in [-0.15, -0.1) is 0 Å². The maximum Gasteiger partial charge on any atom is 0.392 e. The molecule has 1 aliphatic rings. The van der Waals surface area contributed by atoms with E-state index in [0.717, 1.165) is 5.56 Å². The molecule has 0 spiro atoms. The van der Waals surface area contributed by atoms with E-state index in [1.165, 1.54) is 0 Å². The van der Waals surface area contributed by atoms with Crippen LogP contribution in [0.25, 0.3) is 4.98 Å². The summed E-state index contributed by atoms with van der Waals surface area (Å²) < 4.78 is 15.8. The van der Waals surface area contributed by atoms with Crippen molar-refractivity contribution in [3.63, 3.8) is 0 Å². The van der Waals surface area contributed by atoms with Gasteiger partial charge in [-0.1, -0.05) is 17.7 Å². The number of nitrogens with zero attached hydrogens (tertiary/aromatic N) is 2. The van der Waals surface area contributed by atoms with Gasteiger partial charge in [0.1, 0.15) is 5.75 Å². The Hall–Kier alpha value is -3.07. The molecule has 2 aromatic carbocycles. The van der Waals surface area contributed by atoms with Crippen LogP contribution < -0.4 is 14.2 Å². The van der Waals surface area contributed by atoms with Crippen molar-refractivity contribution in [3.05, 3.63) is 52.5 Å². The fraction of sp³-hybridized carbons (Fsp3) is 0.235. The fourth-order valence-corrected chi connectivity index (χ4v) is 2.29. The van der Waals surface area contributed by atoms with Crippen LogP contribution in [0.4, 0.5) is 5.69 Å². The maximum atomic E-state index is 11.9. The van der Waals surface area contributed by atoms with Crippen molar-refractivity contribution < 1.29 is 19.0 Å².